The maximum Gasteiger partial charge on any atom is 0.350 e. The molecule has 0 aliphatic heterocycles. The molecule has 0 spiro atoms. The Morgan fingerprint density at radius 2 is 1.95 bits per heavy atom. The van der Waals surface area contributed by atoms with Gasteiger partial charge in [0.1, 0.15) is 23.9 Å². The van der Waals surface area contributed by atoms with Crippen molar-refractivity contribution in [2.45, 2.75) is 6.61 Å². The second-order valence-electron chi connectivity index (χ2n) is 3.98. The van der Waals surface area contributed by atoms with Gasteiger partial charge in [-0.1, -0.05) is 29.4 Å². The molecule has 0 amide bonds. The fourth-order valence-corrected chi connectivity index (χ4v) is 1.57. The van der Waals surface area contributed by atoms with Crippen molar-refractivity contribution in [2.75, 3.05) is 0 Å². The van der Waals surface area contributed by atoms with Crippen LogP contribution in [-0.4, -0.2) is 17.3 Å². The number of hydrogen-bond acceptors (Lipinski definition) is 4. The largest absolute Gasteiger partial charge is 0.477 e. The zero-order valence-corrected chi connectivity index (χ0v) is 10.9. The van der Waals surface area contributed by atoms with Crippen LogP contribution in [0.5, 0.6) is 11.5 Å². The summed E-state index contributed by atoms with van der Waals surface area (Å²) in [6.45, 7) is -0.237. The lowest BCUT2D eigenvalue weighted by molar-refractivity contribution is -0.129. The Balaban J connectivity index is 2.14. The quantitative estimate of drug-likeness (QED) is 0.655. The molecule has 0 aromatic heterocycles. The van der Waals surface area contributed by atoms with Gasteiger partial charge in [0, 0.05) is 0 Å². The first-order valence-corrected chi connectivity index (χ1v) is 6.05. The van der Waals surface area contributed by atoms with Gasteiger partial charge in [0.2, 0.25) is 0 Å². The van der Waals surface area contributed by atoms with Crippen molar-refractivity contribution in [2.24, 2.45) is 5.16 Å². The maximum absolute atomic E-state index is 13.8. The van der Waals surface area contributed by atoms with E-state index in [1.807, 2.05) is 6.07 Å². The smallest absolute Gasteiger partial charge is 0.350 e. The van der Waals surface area contributed by atoms with Crippen LogP contribution in [0.25, 0.3) is 0 Å². The van der Waals surface area contributed by atoms with Crippen LogP contribution in [0.4, 0.5) is 4.39 Å². The summed E-state index contributed by atoms with van der Waals surface area (Å²) in [7, 11) is 0. The van der Waals surface area contributed by atoms with Crippen LogP contribution >= 0.6 is 0 Å². The summed E-state index contributed by atoms with van der Waals surface area (Å²) in [5.74, 6) is -0.927. The van der Waals surface area contributed by atoms with Crippen LogP contribution in [0, 0.1) is 5.82 Å². The minimum Gasteiger partial charge on any atom is -0.477 e. The zero-order valence-electron chi connectivity index (χ0n) is 10.9. The van der Waals surface area contributed by atoms with E-state index in [2.05, 4.69) is 5.16 Å². The Kier molecular flexibility index (Phi) is 4.87. The molecule has 0 bridgehead atoms. The zero-order chi connectivity index (χ0) is 15.1. The first-order valence-electron chi connectivity index (χ1n) is 6.05. The molecule has 5 nitrogen and oxygen atoms in total. The number of carboxylic acid groups (broad SMARTS) is 1. The molecular weight excluding hydrogens is 277 g/mol. The second-order valence-corrected chi connectivity index (χ2v) is 3.98. The van der Waals surface area contributed by atoms with Gasteiger partial charge in [-0.3, -0.25) is 0 Å². The first-order chi connectivity index (χ1) is 10.2. The van der Waals surface area contributed by atoms with E-state index < -0.39 is 11.8 Å². The Labute approximate surface area is 120 Å². The van der Waals surface area contributed by atoms with Gasteiger partial charge in [-0.15, -0.1) is 0 Å². The van der Waals surface area contributed by atoms with E-state index in [0.717, 1.165) is 0 Å². The van der Waals surface area contributed by atoms with E-state index in [0.29, 0.717) is 12.0 Å². The van der Waals surface area contributed by atoms with Crippen LogP contribution in [-0.2, 0) is 16.2 Å². The molecule has 108 valence electrons. The molecule has 0 radical (unpaired) electrons. The van der Waals surface area contributed by atoms with Gasteiger partial charge >= 0.3 is 5.97 Å². The third-order valence-corrected chi connectivity index (χ3v) is 2.49. The minimum atomic E-state index is -1.25. The van der Waals surface area contributed by atoms with Crippen molar-refractivity contribution < 1.29 is 23.9 Å². The fraction of sp³-hybridized carbons (Fsp3) is 0.0667. The Bertz CT molecular complexity index is 643. The van der Waals surface area contributed by atoms with Crippen molar-refractivity contribution in [3.05, 3.63) is 59.9 Å². The molecule has 0 atom stereocenters. The molecule has 21 heavy (non-hydrogen) atoms. The highest BCUT2D eigenvalue weighted by Gasteiger charge is 2.11. The molecule has 0 saturated carbocycles. The topological polar surface area (TPSA) is 68.1 Å². The van der Waals surface area contributed by atoms with Crippen LogP contribution in [0.2, 0.25) is 0 Å². The average molecular weight is 289 g/mol. The summed E-state index contributed by atoms with van der Waals surface area (Å²) in [5.41, 5.74) is 0.156. The number of carboxylic acids is 1. The molecule has 0 aliphatic rings. The van der Waals surface area contributed by atoms with Crippen molar-refractivity contribution in [3.63, 3.8) is 0 Å². The molecule has 0 aliphatic carbocycles. The van der Waals surface area contributed by atoms with Crippen molar-refractivity contribution in [1.29, 1.82) is 0 Å². The Morgan fingerprint density at radius 3 is 2.67 bits per heavy atom. The van der Waals surface area contributed by atoms with Gasteiger partial charge in [-0.25, -0.2) is 9.18 Å². The van der Waals surface area contributed by atoms with E-state index in [1.165, 1.54) is 12.1 Å². The summed E-state index contributed by atoms with van der Waals surface area (Å²) in [6, 6.07) is 13.3. The third kappa shape index (κ3) is 4.31. The summed E-state index contributed by atoms with van der Waals surface area (Å²) in [4.78, 5) is 15.0. The number of nitrogens with zero attached hydrogens (tertiary/aromatic N) is 1. The predicted molar refractivity (Wildman–Crippen MR) is 73.8 cm³/mol. The van der Waals surface area contributed by atoms with Crippen molar-refractivity contribution in [1.82, 2.24) is 0 Å². The highest BCUT2D eigenvalue weighted by atomic mass is 19.1. The normalized spacial score (nSPS) is 10.5. The molecule has 2 aromatic carbocycles. The van der Waals surface area contributed by atoms with Gasteiger partial charge in [0.05, 0.1) is 5.56 Å². The highest BCUT2D eigenvalue weighted by Crippen LogP contribution is 2.27. The van der Waals surface area contributed by atoms with Crippen LogP contribution < -0.4 is 4.74 Å². The standard InChI is InChI=1S/C15H12FNO4/c16-13-7-4-8-14(21-11-5-2-1-3-6-11)12(13)10-20-17-9-15(18)19/h1-9H,10H2,(H,18,19). The lowest BCUT2D eigenvalue weighted by Crippen LogP contribution is -1.99. The van der Waals surface area contributed by atoms with Gasteiger partial charge in [0.15, 0.2) is 6.21 Å². The molecule has 0 saturated heterocycles. The summed E-state index contributed by atoms with van der Waals surface area (Å²) < 4.78 is 19.4. The number of hydrogen-bond donors (Lipinski definition) is 1. The second kappa shape index (κ2) is 7.04. The summed E-state index contributed by atoms with van der Waals surface area (Å²) >= 11 is 0. The molecule has 2 aromatic rings. The number of para-hydroxylation sites is 1. The Morgan fingerprint density at radius 1 is 1.19 bits per heavy atom. The number of rotatable bonds is 6. The number of halogens is 1. The number of oxime groups is 1. The summed E-state index contributed by atoms with van der Waals surface area (Å²) in [6.07, 6.45) is 0.582. The summed E-state index contributed by atoms with van der Waals surface area (Å²) in [5, 5.41) is 11.6. The lowest BCUT2D eigenvalue weighted by atomic mass is 10.2. The van der Waals surface area contributed by atoms with Crippen molar-refractivity contribution in [3.8, 4) is 11.5 Å². The molecule has 0 fully saturated rings. The number of aliphatic carboxylic acids is 1. The highest BCUT2D eigenvalue weighted by molar-refractivity contribution is 6.21. The number of benzene rings is 2. The van der Waals surface area contributed by atoms with Gasteiger partial charge in [0.25, 0.3) is 0 Å². The van der Waals surface area contributed by atoms with E-state index in [1.54, 1.807) is 30.3 Å². The molecule has 6 heteroatoms. The maximum atomic E-state index is 13.8. The Hall–Kier alpha value is -2.89. The van der Waals surface area contributed by atoms with E-state index in [-0.39, 0.29) is 17.9 Å². The van der Waals surface area contributed by atoms with Gasteiger partial charge in [-0.05, 0) is 24.3 Å². The van der Waals surface area contributed by atoms with E-state index in [9.17, 15) is 9.18 Å². The van der Waals surface area contributed by atoms with E-state index in [4.69, 9.17) is 14.7 Å². The lowest BCUT2D eigenvalue weighted by Gasteiger charge is -2.11. The SMILES string of the molecule is O=C(O)C=NOCc1c(F)cccc1Oc1ccccc1. The minimum absolute atomic E-state index is 0.156. The first kappa shape index (κ1) is 14.5. The molecule has 2 rings (SSSR count). The van der Waals surface area contributed by atoms with Crippen LogP contribution in [0.15, 0.2) is 53.7 Å². The number of carbonyl (C=O) groups is 1. The van der Waals surface area contributed by atoms with Crippen molar-refractivity contribution >= 4 is 12.2 Å². The number of ether oxygens (including phenoxy) is 1. The average Bonchev–Trinajstić information content (AvgIpc) is 2.46. The monoisotopic (exact) mass is 289 g/mol. The van der Waals surface area contributed by atoms with E-state index >= 15 is 0 Å². The molecule has 0 unspecified atom stereocenters. The predicted octanol–water partition coefficient (Wildman–Crippen LogP) is 3.21. The van der Waals surface area contributed by atoms with Gasteiger partial charge in [-0.2, -0.15) is 0 Å². The van der Waals surface area contributed by atoms with Crippen LogP contribution in [0.1, 0.15) is 5.56 Å². The molecule has 0 heterocycles. The third-order valence-electron chi connectivity index (χ3n) is 2.49. The molecule has 1 N–H and O–H groups in total. The molecular formula is C15H12FNO4. The fourth-order valence-electron chi connectivity index (χ4n) is 1.57. The van der Waals surface area contributed by atoms with Crippen LogP contribution in [0.3, 0.4) is 0 Å². The van der Waals surface area contributed by atoms with Gasteiger partial charge < -0.3 is 14.7 Å².